The van der Waals surface area contributed by atoms with Crippen LogP contribution in [-0.4, -0.2) is 12.1 Å². The van der Waals surface area contributed by atoms with Crippen molar-refractivity contribution in [2.24, 2.45) is 4.99 Å². The second-order valence-electron chi connectivity index (χ2n) is 9.37. The summed E-state index contributed by atoms with van der Waals surface area (Å²) in [6, 6.07) is 21.0. The van der Waals surface area contributed by atoms with Gasteiger partial charge in [-0.3, -0.25) is 4.79 Å². The molecule has 0 aliphatic carbocycles. The topological polar surface area (TPSA) is 50.7 Å². The van der Waals surface area contributed by atoms with Gasteiger partial charge in [-0.25, -0.2) is 13.8 Å². The third-order valence-electron chi connectivity index (χ3n) is 6.57. The number of alkyl halides is 2. The average Bonchev–Trinajstić information content (AvgIpc) is 2.91. The van der Waals surface area contributed by atoms with Gasteiger partial charge in [0.25, 0.3) is 5.92 Å². The van der Waals surface area contributed by atoms with Gasteiger partial charge >= 0.3 is 0 Å². The number of nitrogens with one attached hydrogen (secondary N) is 1. The van der Waals surface area contributed by atoms with Crippen LogP contribution in [0.3, 0.4) is 0 Å². The van der Waals surface area contributed by atoms with Crippen LogP contribution in [0.4, 0.5) is 14.5 Å². The van der Waals surface area contributed by atoms with Crippen LogP contribution >= 0.6 is 11.6 Å². The molecule has 7 heteroatoms. The van der Waals surface area contributed by atoms with Crippen LogP contribution in [0.25, 0.3) is 5.57 Å². The van der Waals surface area contributed by atoms with Crippen molar-refractivity contribution in [3.63, 3.8) is 0 Å². The Morgan fingerprint density at radius 3 is 2.49 bits per heavy atom. The first-order valence-corrected chi connectivity index (χ1v) is 13.4. The molecular weight excluding hydrogens is 518 g/mol. The monoisotopic (exact) mass is 548 g/mol. The summed E-state index contributed by atoms with van der Waals surface area (Å²) < 4.78 is 34.0. The van der Waals surface area contributed by atoms with Crippen molar-refractivity contribution in [3.05, 3.63) is 118 Å². The number of allylic oxidation sites excluding steroid dienone is 3. The molecule has 4 rings (SSSR count). The van der Waals surface area contributed by atoms with Crippen molar-refractivity contribution >= 4 is 35.0 Å². The predicted molar refractivity (Wildman–Crippen MR) is 154 cm³/mol. The van der Waals surface area contributed by atoms with Gasteiger partial charge in [0.2, 0.25) is 11.8 Å². The van der Waals surface area contributed by atoms with Gasteiger partial charge in [-0.15, -0.1) is 0 Å². The third-order valence-corrected chi connectivity index (χ3v) is 6.91. The molecule has 1 atom stereocenters. The van der Waals surface area contributed by atoms with E-state index in [4.69, 9.17) is 16.3 Å². The number of amides is 1. The summed E-state index contributed by atoms with van der Waals surface area (Å²) >= 11 is 6.38. The zero-order valence-corrected chi connectivity index (χ0v) is 22.7. The summed E-state index contributed by atoms with van der Waals surface area (Å²) in [5, 5.41) is 3.52. The van der Waals surface area contributed by atoms with E-state index in [9.17, 15) is 13.6 Å². The maximum atomic E-state index is 13.9. The predicted octanol–water partition coefficient (Wildman–Crippen LogP) is 8.89. The number of aliphatic imine (C=N–C) groups is 1. The molecule has 1 heterocycles. The van der Waals surface area contributed by atoms with Crippen molar-refractivity contribution < 1.29 is 18.3 Å². The molecule has 39 heavy (non-hydrogen) atoms. The number of halogens is 3. The largest absolute Gasteiger partial charge is 0.469 e. The fourth-order valence-electron chi connectivity index (χ4n) is 4.30. The lowest BCUT2D eigenvalue weighted by Crippen LogP contribution is -2.15. The number of ether oxygens (including phenoxy) is 1. The number of carbonyl (C=O) groups excluding carboxylic acids is 1. The molecule has 3 aromatic rings. The van der Waals surface area contributed by atoms with Crippen molar-refractivity contribution in [1.29, 1.82) is 0 Å². The SMILES string of the molecule is CCC(F)(F)c1ccc(CC(=O)Nc2ccc(C3=C(O[C@@H](C)c4ccccc4Cl)N=CC=CCC3)cc2)cc1. The van der Waals surface area contributed by atoms with E-state index in [2.05, 4.69) is 16.4 Å². The number of anilines is 1. The molecule has 0 fully saturated rings. The standard InChI is InChI=1S/C32H31ClF2N2O2/c1-3-32(34,35)25-16-12-23(13-17-25)21-30(38)37-26-18-14-24(15-19-26)28-10-5-4-8-20-36-31(28)39-22(2)27-9-6-7-11-29(27)33/h4,6-9,11-20,22H,3,5,10,21H2,1-2H3,(H,37,38)/t22-/m0/s1. The zero-order chi connectivity index (χ0) is 27.8. The summed E-state index contributed by atoms with van der Waals surface area (Å²) in [5.74, 6) is -2.57. The number of hydrogen-bond donors (Lipinski definition) is 1. The molecular formula is C32H31ClF2N2O2. The van der Waals surface area contributed by atoms with Gasteiger partial charge in [-0.05, 0) is 55.2 Å². The van der Waals surface area contributed by atoms with E-state index < -0.39 is 5.92 Å². The smallest absolute Gasteiger partial charge is 0.273 e. The van der Waals surface area contributed by atoms with E-state index in [0.717, 1.165) is 29.5 Å². The first kappa shape index (κ1) is 28.2. The van der Waals surface area contributed by atoms with E-state index in [1.165, 1.54) is 19.1 Å². The molecule has 1 amide bonds. The fraction of sp³-hybridized carbons (Fsp3) is 0.250. The molecule has 0 unspecified atom stereocenters. The summed E-state index contributed by atoms with van der Waals surface area (Å²) in [6.07, 6.45) is 6.77. The molecule has 0 radical (unpaired) electrons. The summed E-state index contributed by atoms with van der Waals surface area (Å²) in [6.45, 7) is 3.39. The van der Waals surface area contributed by atoms with Crippen LogP contribution < -0.4 is 5.32 Å². The summed E-state index contributed by atoms with van der Waals surface area (Å²) in [4.78, 5) is 17.2. The number of benzene rings is 3. The van der Waals surface area contributed by atoms with Gasteiger partial charge in [0.1, 0.15) is 6.10 Å². The number of carbonyl (C=O) groups is 1. The minimum Gasteiger partial charge on any atom is -0.469 e. The Morgan fingerprint density at radius 1 is 1.08 bits per heavy atom. The average molecular weight is 549 g/mol. The first-order valence-electron chi connectivity index (χ1n) is 13.0. The Hall–Kier alpha value is -3.77. The Morgan fingerprint density at radius 2 is 1.79 bits per heavy atom. The molecule has 3 aromatic carbocycles. The maximum absolute atomic E-state index is 13.9. The Balaban J connectivity index is 1.47. The van der Waals surface area contributed by atoms with Crippen molar-refractivity contribution in [2.45, 2.75) is 51.6 Å². The normalized spacial score (nSPS) is 14.5. The highest BCUT2D eigenvalue weighted by atomic mass is 35.5. The molecule has 1 aliphatic heterocycles. The molecule has 0 saturated heterocycles. The molecule has 0 saturated carbocycles. The zero-order valence-electron chi connectivity index (χ0n) is 22.0. The summed E-state index contributed by atoms with van der Waals surface area (Å²) in [7, 11) is 0. The van der Waals surface area contributed by atoms with Gasteiger partial charge < -0.3 is 10.1 Å². The van der Waals surface area contributed by atoms with Crippen LogP contribution in [0, 0.1) is 0 Å². The lowest BCUT2D eigenvalue weighted by Gasteiger charge is -2.20. The lowest BCUT2D eigenvalue weighted by atomic mass is 10.00. The number of rotatable bonds is 9. The van der Waals surface area contributed by atoms with Crippen LogP contribution in [-0.2, 0) is 21.9 Å². The highest BCUT2D eigenvalue weighted by molar-refractivity contribution is 6.31. The molecule has 202 valence electrons. The molecule has 4 nitrogen and oxygen atoms in total. The van der Waals surface area contributed by atoms with Gasteiger partial charge in [0.05, 0.1) is 6.42 Å². The second kappa shape index (κ2) is 12.9. The van der Waals surface area contributed by atoms with Gasteiger partial charge in [-0.2, -0.15) is 0 Å². The third kappa shape index (κ3) is 7.42. The Bertz CT molecular complexity index is 1380. The highest BCUT2D eigenvalue weighted by Crippen LogP contribution is 2.34. The first-order chi connectivity index (χ1) is 18.8. The molecule has 1 aliphatic rings. The van der Waals surface area contributed by atoms with Crippen molar-refractivity contribution in [2.75, 3.05) is 5.32 Å². The second-order valence-corrected chi connectivity index (χ2v) is 9.77. The van der Waals surface area contributed by atoms with Crippen LogP contribution in [0.2, 0.25) is 5.02 Å². The van der Waals surface area contributed by atoms with E-state index >= 15 is 0 Å². The van der Waals surface area contributed by atoms with Crippen LogP contribution in [0.1, 0.15) is 61.5 Å². The number of nitrogens with zero attached hydrogens (tertiary/aromatic N) is 1. The minimum atomic E-state index is -2.87. The lowest BCUT2D eigenvalue weighted by molar-refractivity contribution is -0.115. The quantitative estimate of drug-likeness (QED) is 0.290. The van der Waals surface area contributed by atoms with Crippen molar-refractivity contribution in [1.82, 2.24) is 0 Å². The maximum Gasteiger partial charge on any atom is 0.273 e. The van der Waals surface area contributed by atoms with Crippen LogP contribution in [0.15, 0.2) is 95.8 Å². The van der Waals surface area contributed by atoms with E-state index in [1.807, 2.05) is 61.5 Å². The fourth-order valence-corrected chi connectivity index (χ4v) is 4.59. The molecule has 0 bridgehead atoms. The highest BCUT2D eigenvalue weighted by Gasteiger charge is 2.28. The van der Waals surface area contributed by atoms with E-state index in [1.54, 1.807) is 18.3 Å². The molecule has 1 N–H and O–H groups in total. The Kier molecular flexibility index (Phi) is 9.31. The Labute approximate surface area is 233 Å². The molecule has 0 aromatic heterocycles. The van der Waals surface area contributed by atoms with Crippen LogP contribution in [0.5, 0.6) is 0 Å². The van der Waals surface area contributed by atoms with Gasteiger partial charge in [0.15, 0.2) is 0 Å². The van der Waals surface area contributed by atoms with Crippen molar-refractivity contribution in [3.8, 4) is 0 Å². The minimum absolute atomic E-state index is 0.0438. The van der Waals surface area contributed by atoms with Gasteiger partial charge in [-0.1, -0.05) is 79.2 Å². The summed E-state index contributed by atoms with van der Waals surface area (Å²) in [5.41, 5.74) is 4.04. The number of hydrogen-bond acceptors (Lipinski definition) is 3. The van der Waals surface area contributed by atoms with E-state index in [-0.39, 0.29) is 30.4 Å². The van der Waals surface area contributed by atoms with Gasteiger partial charge in [0, 0.05) is 40.0 Å². The molecule has 0 spiro atoms. The van der Waals surface area contributed by atoms with E-state index in [0.29, 0.717) is 22.2 Å².